The van der Waals surface area contributed by atoms with Crippen LogP contribution in [0.2, 0.25) is 5.02 Å². The van der Waals surface area contributed by atoms with Crippen LogP contribution >= 0.6 is 11.6 Å². The molecule has 0 atom stereocenters. The van der Waals surface area contributed by atoms with Gasteiger partial charge >= 0.3 is 0 Å². The van der Waals surface area contributed by atoms with Gasteiger partial charge in [0.05, 0.1) is 29.9 Å². The van der Waals surface area contributed by atoms with Crippen LogP contribution in [-0.4, -0.2) is 24.7 Å². The number of fused-ring (bicyclic) bond motifs is 1. The van der Waals surface area contributed by atoms with Crippen LogP contribution in [-0.2, 0) is 13.1 Å². The third kappa shape index (κ3) is 4.10. The highest BCUT2D eigenvalue weighted by molar-refractivity contribution is 6.30. The second-order valence-electron chi connectivity index (χ2n) is 7.31. The van der Waals surface area contributed by atoms with Gasteiger partial charge < -0.3 is 11.1 Å². The van der Waals surface area contributed by atoms with E-state index in [9.17, 15) is 0 Å². The van der Waals surface area contributed by atoms with E-state index in [-0.39, 0.29) is 0 Å². The van der Waals surface area contributed by atoms with Gasteiger partial charge in [-0.25, -0.2) is 9.67 Å². The number of nitrogen functional groups attached to an aromatic ring is 1. The summed E-state index contributed by atoms with van der Waals surface area (Å²) >= 11 is 6.26. The van der Waals surface area contributed by atoms with Crippen molar-refractivity contribution in [1.29, 1.82) is 0 Å². The van der Waals surface area contributed by atoms with Crippen LogP contribution in [0.25, 0.3) is 22.3 Å². The van der Waals surface area contributed by atoms with Gasteiger partial charge in [-0.15, -0.1) is 5.10 Å². The number of rotatable bonds is 6. The molecule has 0 fully saturated rings. The first kappa shape index (κ1) is 20.0. The van der Waals surface area contributed by atoms with E-state index >= 15 is 0 Å². The number of nitrogens with two attached hydrogens (primary N) is 1. The lowest BCUT2D eigenvalue weighted by Gasteiger charge is -2.09. The van der Waals surface area contributed by atoms with Crippen molar-refractivity contribution in [3.05, 3.63) is 95.3 Å². The molecule has 0 spiro atoms. The van der Waals surface area contributed by atoms with E-state index < -0.39 is 0 Å². The van der Waals surface area contributed by atoms with Gasteiger partial charge in [0, 0.05) is 16.8 Å². The summed E-state index contributed by atoms with van der Waals surface area (Å²) in [7, 11) is 0. The maximum absolute atomic E-state index is 6.54. The summed E-state index contributed by atoms with van der Waals surface area (Å²) in [5, 5.41) is 9.25. The molecule has 0 aliphatic heterocycles. The number of nitrogens with zero attached hydrogens (tertiary/aromatic N) is 5. The Balaban J connectivity index is 1.60. The smallest absolute Gasteiger partial charge is 0.225 e. The van der Waals surface area contributed by atoms with E-state index in [4.69, 9.17) is 22.3 Å². The topological polar surface area (TPSA) is 94.5 Å². The van der Waals surface area contributed by atoms with Crippen LogP contribution < -0.4 is 11.1 Å². The summed E-state index contributed by atoms with van der Waals surface area (Å²) in [4.78, 5) is 13.7. The van der Waals surface area contributed by atoms with Gasteiger partial charge in [-0.2, -0.15) is 4.98 Å². The van der Waals surface area contributed by atoms with Gasteiger partial charge in [0.1, 0.15) is 5.82 Å². The first-order chi connectivity index (χ1) is 15.7. The minimum absolute atomic E-state index is 0.447. The summed E-state index contributed by atoms with van der Waals surface area (Å²) in [6.45, 7) is 1.02. The van der Waals surface area contributed by atoms with E-state index in [1.54, 1.807) is 10.9 Å². The highest BCUT2D eigenvalue weighted by Gasteiger charge is 2.19. The zero-order valence-electron chi connectivity index (χ0n) is 17.1. The lowest BCUT2D eigenvalue weighted by atomic mass is 10.1. The average molecular weight is 442 g/mol. The van der Waals surface area contributed by atoms with Crippen LogP contribution in [0.15, 0.2) is 79.0 Å². The van der Waals surface area contributed by atoms with Gasteiger partial charge in [0.15, 0.2) is 5.65 Å². The summed E-state index contributed by atoms with van der Waals surface area (Å²) < 4.78 is 1.76. The molecule has 0 saturated carbocycles. The highest BCUT2D eigenvalue weighted by atomic mass is 35.5. The Labute approximate surface area is 189 Å². The lowest BCUT2D eigenvalue weighted by Crippen LogP contribution is -2.06. The lowest BCUT2D eigenvalue weighted by molar-refractivity contribution is 0.703. The van der Waals surface area contributed by atoms with Crippen LogP contribution in [0, 0.1) is 0 Å². The van der Waals surface area contributed by atoms with Gasteiger partial charge in [0.2, 0.25) is 5.95 Å². The molecule has 7 nitrogen and oxygen atoms in total. The Bertz CT molecular complexity index is 1370. The van der Waals surface area contributed by atoms with Gasteiger partial charge in [0.25, 0.3) is 0 Å². The van der Waals surface area contributed by atoms with Crippen molar-refractivity contribution in [2.75, 3.05) is 11.1 Å². The Morgan fingerprint density at radius 3 is 2.56 bits per heavy atom. The number of benzene rings is 2. The van der Waals surface area contributed by atoms with Gasteiger partial charge in [-0.3, -0.25) is 4.98 Å². The zero-order valence-corrected chi connectivity index (χ0v) is 17.9. The molecule has 3 N–H and O–H groups in total. The molecule has 5 aromatic rings. The zero-order chi connectivity index (χ0) is 21.9. The number of pyridine rings is 1. The molecule has 3 heterocycles. The van der Waals surface area contributed by atoms with Crippen molar-refractivity contribution in [3.63, 3.8) is 0 Å². The molecule has 0 saturated heterocycles. The van der Waals surface area contributed by atoms with E-state index in [0.717, 1.165) is 16.8 Å². The molecule has 158 valence electrons. The number of nitrogens with one attached hydrogen (secondary N) is 1. The normalized spacial score (nSPS) is 11.0. The molecule has 0 amide bonds. The molecule has 32 heavy (non-hydrogen) atoms. The minimum Gasteiger partial charge on any atom is -0.383 e. The summed E-state index contributed by atoms with van der Waals surface area (Å²) in [5.74, 6) is 0.956. The Morgan fingerprint density at radius 2 is 1.78 bits per heavy atom. The SMILES string of the molecule is Nc1c2c(-c3cccc(Cl)c3)nc(NCc3ccccn3)nc2nn1Cc1ccccc1. The van der Waals surface area contributed by atoms with E-state index in [0.29, 0.717) is 46.6 Å². The van der Waals surface area contributed by atoms with Crippen LogP contribution in [0.1, 0.15) is 11.3 Å². The average Bonchev–Trinajstić information content (AvgIpc) is 3.13. The van der Waals surface area contributed by atoms with Crippen molar-refractivity contribution in [2.24, 2.45) is 0 Å². The van der Waals surface area contributed by atoms with E-state index in [1.807, 2.05) is 72.8 Å². The second-order valence-corrected chi connectivity index (χ2v) is 7.74. The fourth-order valence-corrected chi connectivity index (χ4v) is 3.72. The maximum atomic E-state index is 6.54. The molecule has 8 heteroatoms. The number of hydrogen-bond donors (Lipinski definition) is 2. The van der Waals surface area contributed by atoms with Crippen molar-refractivity contribution in [2.45, 2.75) is 13.1 Å². The standard InChI is InChI=1S/C24H20ClN7/c25-18-10-6-9-17(13-18)21-20-22(26)32(15-16-7-2-1-3-8-16)31-23(20)30-24(29-21)28-14-19-11-4-5-12-27-19/h1-13H,14-15,26H2,(H,28,30,31). The number of aromatic nitrogens is 5. The second kappa shape index (κ2) is 8.64. The van der Waals surface area contributed by atoms with Crippen molar-refractivity contribution in [3.8, 4) is 11.3 Å². The molecule has 2 aromatic carbocycles. The molecule has 0 aliphatic rings. The molecular weight excluding hydrogens is 422 g/mol. The number of hydrogen-bond acceptors (Lipinski definition) is 6. The third-order valence-electron chi connectivity index (χ3n) is 5.07. The fourth-order valence-electron chi connectivity index (χ4n) is 3.53. The molecule has 5 rings (SSSR count). The highest BCUT2D eigenvalue weighted by Crippen LogP contribution is 2.32. The largest absolute Gasteiger partial charge is 0.383 e. The first-order valence-corrected chi connectivity index (χ1v) is 10.5. The minimum atomic E-state index is 0.447. The third-order valence-corrected chi connectivity index (χ3v) is 5.30. The first-order valence-electron chi connectivity index (χ1n) is 10.1. The summed E-state index contributed by atoms with van der Waals surface area (Å²) in [5.41, 5.74) is 10.6. The monoisotopic (exact) mass is 441 g/mol. The van der Waals surface area contributed by atoms with Crippen molar-refractivity contribution >= 4 is 34.4 Å². The molecule has 0 aliphatic carbocycles. The predicted octanol–water partition coefficient (Wildman–Crippen LogP) is 4.78. The molecule has 3 aromatic heterocycles. The number of halogens is 1. The molecule has 0 unspecified atom stereocenters. The fraction of sp³-hybridized carbons (Fsp3) is 0.0833. The van der Waals surface area contributed by atoms with Gasteiger partial charge in [-0.05, 0) is 29.8 Å². The van der Waals surface area contributed by atoms with E-state index in [2.05, 4.69) is 20.4 Å². The summed E-state index contributed by atoms with van der Waals surface area (Å²) in [6.07, 6.45) is 1.75. The van der Waals surface area contributed by atoms with E-state index in [1.165, 1.54) is 0 Å². The Morgan fingerprint density at radius 1 is 0.938 bits per heavy atom. The van der Waals surface area contributed by atoms with Crippen molar-refractivity contribution < 1.29 is 0 Å². The maximum Gasteiger partial charge on any atom is 0.225 e. The Hall–Kier alpha value is -3.97. The number of anilines is 2. The molecule has 0 radical (unpaired) electrons. The quantitative estimate of drug-likeness (QED) is 0.393. The predicted molar refractivity (Wildman–Crippen MR) is 127 cm³/mol. The van der Waals surface area contributed by atoms with Crippen LogP contribution in [0.4, 0.5) is 11.8 Å². The van der Waals surface area contributed by atoms with Crippen LogP contribution in [0.3, 0.4) is 0 Å². The van der Waals surface area contributed by atoms with Crippen molar-refractivity contribution in [1.82, 2.24) is 24.7 Å². The molecule has 0 bridgehead atoms. The van der Waals surface area contributed by atoms with Crippen LogP contribution in [0.5, 0.6) is 0 Å². The Kier molecular flexibility index (Phi) is 5.39. The van der Waals surface area contributed by atoms with Gasteiger partial charge in [-0.1, -0.05) is 60.1 Å². The summed E-state index contributed by atoms with van der Waals surface area (Å²) in [6, 6.07) is 23.3. The molecular formula is C24H20ClN7.